The highest BCUT2D eigenvalue weighted by Crippen LogP contribution is 2.48. The van der Waals surface area contributed by atoms with Crippen molar-refractivity contribution in [2.75, 3.05) is 19.6 Å². The van der Waals surface area contributed by atoms with Gasteiger partial charge in [-0.25, -0.2) is 4.79 Å². The summed E-state index contributed by atoms with van der Waals surface area (Å²) in [6, 6.07) is 0.0627. The van der Waals surface area contributed by atoms with Crippen LogP contribution in [0.2, 0.25) is 0 Å². The second kappa shape index (κ2) is 6.12. The first-order valence-corrected chi connectivity index (χ1v) is 7.77. The van der Waals surface area contributed by atoms with Gasteiger partial charge in [0.2, 0.25) is 0 Å². The van der Waals surface area contributed by atoms with E-state index in [-0.39, 0.29) is 18.1 Å². The summed E-state index contributed by atoms with van der Waals surface area (Å²) >= 11 is 0. The minimum Gasteiger partial charge on any atom is -0.393 e. The Morgan fingerprint density at radius 3 is 2.84 bits per heavy atom. The highest BCUT2D eigenvalue weighted by atomic mass is 16.3. The number of aliphatic hydroxyl groups is 1. The van der Waals surface area contributed by atoms with Crippen LogP contribution >= 0.6 is 0 Å². The number of rotatable bonds is 5. The van der Waals surface area contributed by atoms with Gasteiger partial charge in [0.25, 0.3) is 0 Å². The molecular weight excluding hydrogens is 240 g/mol. The second-order valence-electron chi connectivity index (χ2n) is 6.50. The number of carbonyl (C=O) groups excluding carboxylic acids is 1. The van der Waals surface area contributed by atoms with E-state index in [1.165, 1.54) is 25.7 Å². The van der Waals surface area contributed by atoms with Crippen molar-refractivity contribution in [1.29, 1.82) is 0 Å². The number of piperidine rings is 1. The molecule has 1 saturated carbocycles. The van der Waals surface area contributed by atoms with Crippen LogP contribution in [0.5, 0.6) is 0 Å². The number of nitrogens with zero attached hydrogens (tertiary/aromatic N) is 1. The largest absolute Gasteiger partial charge is 0.393 e. The molecule has 2 atom stereocenters. The molecule has 1 heterocycles. The van der Waals surface area contributed by atoms with Crippen molar-refractivity contribution >= 4 is 6.03 Å². The molecule has 0 radical (unpaired) electrons. The molecule has 2 aliphatic rings. The first-order chi connectivity index (χ1) is 9.06. The molecule has 0 aromatic heterocycles. The zero-order chi connectivity index (χ0) is 13.9. The molecule has 0 aromatic rings. The number of carbonyl (C=O) groups is 1. The summed E-state index contributed by atoms with van der Waals surface area (Å²) in [7, 11) is 0. The third-order valence-corrected chi connectivity index (χ3v) is 4.78. The fourth-order valence-corrected chi connectivity index (χ4v) is 3.19. The molecule has 0 aromatic carbocycles. The van der Waals surface area contributed by atoms with Gasteiger partial charge in [-0.15, -0.1) is 0 Å². The monoisotopic (exact) mass is 268 g/mol. The molecule has 2 unspecified atom stereocenters. The number of hydrogen-bond donors (Lipinski definition) is 2. The summed E-state index contributed by atoms with van der Waals surface area (Å²) < 4.78 is 0. The topological polar surface area (TPSA) is 52.6 Å². The van der Waals surface area contributed by atoms with Crippen molar-refractivity contribution in [3.05, 3.63) is 0 Å². The fourth-order valence-electron chi connectivity index (χ4n) is 3.19. The van der Waals surface area contributed by atoms with E-state index in [2.05, 4.69) is 12.2 Å². The molecule has 1 aliphatic heterocycles. The van der Waals surface area contributed by atoms with Crippen LogP contribution in [0.1, 0.15) is 52.4 Å². The normalized spacial score (nSPS) is 26.9. The van der Waals surface area contributed by atoms with Crippen molar-refractivity contribution in [2.24, 2.45) is 11.3 Å². The van der Waals surface area contributed by atoms with Crippen LogP contribution in [0, 0.1) is 11.3 Å². The fraction of sp³-hybridized carbons (Fsp3) is 0.933. The van der Waals surface area contributed by atoms with Gasteiger partial charge in [-0.2, -0.15) is 0 Å². The maximum Gasteiger partial charge on any atom is 0.317 e. The van der Waals surface area contributed by atoms with Crippen LogP contribution < -0.4 is 5.32 Å². The highest BCUT2D eigenvalue weighted by molar-refractivity contribution is 5.74. The summed E-state index contributed by atoms with van der Waals surface area (Å²) in [4.78, 5) is 14.1. The summed E-state index contributed by atoms with van der Waals surface area (Å²) in [5.41, 5.74) is 0.407. The van der Waals surface area contributed by atoms with E-state index in [0.29, 0.717) is 12.0 Å². The molecule has 4 nitrogen and oxygen atoms in total. The third kappa shape index (κ3) is 3.85. The number of hydrogen-bond acceptors (Lipinski definition) is 2. The van der Waals surface area contributed by atoms with Crippen molar-refractivity contribution in [3.8, 4) is 0 Å². The van der Waals surface area contributed by atoms with E-state index >= 15 is 0 Å². The van der Waals surface area contributed by atoms with E-state index < -0.39 is 0 Å². The van der Waals surface area contributed by atoms with Crippen LogP contribution in [0.15, 0.2) is 0 Å². The van der Waals surface area contributed by atoms with Gasteiger partial charge in [0.1, 0.15) is 0 Å². The van der Waals surface area contributed by atoms with Crippen LogP contribution in [-0.4, -0.2) is 41.8 Å². The smallest absolute Gasteiger partial charge is 0.317 e. The van der Waals surface area contributed by atoms with E-state index in [4.69, 9.17) is 0 Å². The predicted molar refractivity (Wildman–Crippen MR) is 76.0 cm³/mol. The van der Waals surface area contributed by atoms with Crippen molar-refractivity contribution in [2.45, 2.75) is 58.5 Å². The second-order valence-corrected chi connectivity index (χ2v) is 6.50. The van der Waals surface area contributed by atoms with Crippen LogP contribution in [0.25, 0.3) is 0 Å². The van der Waals surface area contributed by atoms with Crippen LogP contribution in [-0.2, 0) is 0 Å². The van der Waals surface area contributed by atoms with Crippen LogP contribution in [0.4, 0.5) is 4.79 Å². The molecule has 19 heavy (non-hydrogen) atoms. The van der Waals surface area contributed by atoms with E-state index in [1.54, 1.807) is 0 Å². The number of amides is 2. The Morgan fingerprint density at radius 2 is 2.26 bits per heavy atom. The lowest BCUT2D eigenvalue weighted by atomic mass is 9.93. The SMILES string of the molecule is CCCC1(CNC(=O)N2CCCC(C(C)O)C2)CC1. The summed E-state index contributed by atoms with van der Waals surface area (Å²) in [5, 5.41) is 12.8. The number of urea groups is 1. The maximum absolute atomic E-state index is 12.2. The molecule has 110 valence electrons. The van der Waals surface area contributed by atoms with E-state index in [9.17, 15) is 9.90 Å². The Kier molecular flexibility index (Phi) is 4.71. The summed E-state index contributed by atoms with van der Waals surface area (Å²) in [6.45, 7) is 6.39. The molecule has 1 saturated heterocycles. The molecule has 2 fully saturated rings. The first kappa shape index (κ1) is 14.6. The number of likely N-dealkylation sites (tertiary alicyclic amines) is 1. The average molecular weight is 268 g/mol. The van der Waals surface area contributed by atoms with E-state index in [0.717, 1.165) is 25.9 Å². The molecule has 2 amide bonds. The van der Waals surface area contributed by atoms with Crippen molar-refractivity contribution < 1.29 is 9.90 Å². The minimum atomic E-state index is -0.314. The molecule has 4 heteroatoms. The summed E-state index contributed by atoms with van der Waals surface area (Å²) in [5.74, 6) is 0.241. The Labute approximate surface area is 116 Å². The Balaban J connectivity index is 1.76. The number of aliphatic hydroxyl groups excluding tert-OH is 1. The van der Waals surface area contributed by atoms with Gasteiger partial charge in [-0.3, -0.25) is 0 Å². The van der Waals surface area contributed by atoms with Gasteiger partial charge in [-0.1, -0.05) is 13.3 Å². The average Bonchev–Trinajstić information content (AvgIpc) is 3.17. The molecule has 0 bridgehead atoms. The number of nitrogens with one attached hydrogen (secondary N) is 1. The molecular formula is C15H28N2O2. The van der Waals surface area contributed by atoms with Gasteiger partial charge in [-0.05, 0) is 44.4 Å². The molecule has 1 aliphatic carbocycles. The maximum atomic E-state index is 12.2. The van der Waals surface area contributed by atoms with Crippen LogP contribution in [0.3, 0.4) is 0 Å². The Morgan fingerprint density at radius 1 is 1.53 bits per heavy atom. The van der Waals surface area contributed by atoms with Crippen molar-refractivity contribution in [3.63, 3.8) is 0 Å². The molecule has 2 N–H and O–H groups in total. The lowest BCUT2D eigenvalue weighted by molar-refractivity contribution is 0.0736. The quantitative estimate of drug-likeness (QED) is 0.804. The molecule has 2 rings (SSSR count). The van der Waals surface area contributed by atoms with Gasteiger partial charge in [0, 0.05) is 25.6 Å². The first-order valence-electron chi connectivity index (χ1n) is 7.77. The third-order valence-electron chi connectivity index (χ3n) is 4.78. The molecule has 0 spiro atoms. The standard InChI is InChI=1S/C15H28N2O2/c1-3-6-15(7-8-15)11-16-14(19)17-9-4-5-13(10-17)12(2)18/h12-13,18H,3-11H2,1-2H3,(H,16,19). The van der Waals surface area contributed by atoms with E-state index in [1.807, 2.05) is 11.8 Å². The van der Waals surface area contributed by atoms with Crippen molar-refractivity contribution in [1.82, 2.24) is 10.2 Å². The lowest BCUT2D eigenvalue weighted by Gasteiger charge is -2.34. The zero-order valence-corrected chi connectivity index (χ0v) is 12.3. The Hall–Kier alpha value is -0.770. The summed E-state index contributed by atoms with van der Waals surface area (Å²) in [6.07, 6.45) is 6.66. The lowest BCUT2D eigenvalue weighted by Crippen LogP contribution is -2.48. The Bertz CT molecular complexity index is 313. The zero-order valence-electron chi connectivity index (χ0n) is 12.3. The highest BCUT2D eigenvalue weighted by Gasteiger charge is 2.41. The van der Waals surface area contributed by atoms with Gasteiger partial charge < -0.3 is 15.3 Å². The van der Waals surface area contributed by atoms with Gasteiger partial charge in [0.15, 0.2) is 0 Å². The van der Waals surface area contributed by atoms with Gasteiger partial charge >= 0.3 is 6.03 Å². The minimum absolute atomic E-state index is 0.0627. The predicted octanol–water partition coefficient (Wildman–Crippen LogP) is 2.37. The van der Waals surface area contributed by atoms with Gasteiger partial charge in [0.05, 0.1) is 6.10 Å².